The third kappa shape index (κ3) is 5.83. The molecule has 0 aromatic heterocycles. The van der Waals surface area contributed by atoms with Crippen molar-refractivity contribution in [3.63, 3.8) is 0 Å². The molecule has 0 fully saturated rings. The van der Waals surface area contributed by atoms with E-state index in [9.17, 15) is 30.0 Å². The summed E-state index contributed by atoms with van der Waals surface area (Å²) in [6.07, 6.45) is 0. The summed E-state index contributed by atoms with van der Waals surface area (Å²) in [4.78, 5) is -0.316. The van der Waals surface area contributed by atoms with Gasteiger partial charge < -0.3 is 4.74 Å². The zero-order valence-electron chi connectivity index (χ0n) is 10.8. The second-order valence-electron chi connectivity index (χ2n) is 3.88. The number of alkyl halides is 3. The van der Waals surface area contributed by atoms with Crippen LogP contribution in [0.1, 0.15) is 0 Å². The van der Waals surface area contributed by atoms with Gasteiger partial charge >= 0.3 is 15.5 Å². The second kappa shape index (κ2) is 7.54. The first-order valence-electron chi connectivity index (χ1n) is 5.41. The molecule has 0 aliphatic heterocycles. The van der Waals surface area contributed by atoms with E-state index in [1.807, 2.05) is 0 Å². The summed E-state index contributed by atoms with van der Waals surface area (Å²) < 4.78 is 95.8. The van der Waals surface area contributed by atoms with Crippen LogP contribution >= 0.6 is 45.2 Å². The zero-order chi connectivity index (χ0) is 18.1. The van der Waals surface area contributed by atoms with Crippen molar-refractivity contribution in [3.8, 4) is 5.75 Å². The molecular formula is C9H8F3I2NO6S2. The number of benzene rings is 1. The first-order valence-corrected chi connectivity index (χ1v) is 10.5. The van der Waals surface area contributed by atoms with E-state index in [0.29, 0.717) is 0 Å². The van der Waals surface area contributed by atoms with Crippen LogP contribution in [0.25, 0.3) is 0 Å². The highest BCUT2D eigenvalue weighted by Gasteiger charge is 2.45. The van der Waals surface area contributed by atoms with E-state index in [4.69, 9.17) is 9.29 Å². The molecule has 1 aromatic carbocycles. The molecule has 23 heavy (non-hydrogen) atoms. The SMILES string of the molecule is O=S(=O)(O)c1c(I)cc(OCCNS(=O)(=O)C(F)(F)F)cc1I. The lowest BCUT2D eigenvalue weighted by Crippen LogP contribution is -2.38. The van der Waals surface area contributed by atoms with E-state index >= 15 is 0 Å². The molecule has 14 heteroatoms. The van der Waals surface area contributed by atoms with E-state index in [0.717, 1.165) is 0 Å². The Bertz CT molecular complexity index is 771. The molecule has 0 aliphatic rings. The fraction of sp³-hybridized carbons (Fsp3) is 0.333. The molecule has 0 radical (unpaired) electrons. The molecule has 1 aromatic rings. The molecule has 7 nitrogen and oxygen atoms in total. The van der Waals surface area contributed by atoms with Crippen molar-refractivity contribution in [1.29, 1.82) is 0 Å². The van der Waals surface area contributed by atoms with Crippen molar-refractivity contribution >= 4 is 65.3 Å². The number of ether oxygens (including phenoxy) is 1. The van der Waals surface area contributed by atoms with Crippen molar-refractivity contribution in [2.75, 3.05) is 13.2 Å². The Balaban J connectivity index is 2.75. The van der Waals surface area contributed by atoms with Crippen LogP contribution in [0.4, 0.5) is 13.2 Å². The molecule has 132 valence electrons. The summed E-state index contributed by atoms with van der Waals surface area (Å²) in [6.45, 7) is -1.04. The largest absolute Gasteiger partial charge is 0.511 e. The third-order valence-corrected chi connectivity index (χ3v) is 6.78. The molecule has 0 bridgehead atoms. The molecule has 0 atom stereocenters. The minimum absolute atomic E-state index is 0.109. The van der Waals surface area contributed by atoms with Crippen LogP contribution in [0, 0.1) is 7.14 Å². The van der Waals surface area contributed by atoms with Gasteiger partial charge in [-0.15, -0.1) is 0 Å². The van der Waals surface area contributed by atoms with Gasteiger partial charge in [0.2, 0.25) is 0 Å². The van der Waals surface area contributed by atoms with E-state index in [1.165, 1.54) is 16.9 Å². The minimum atomic E-state index is -5.44. The van der Waals surface area contributed by atoms with Gasteiger partial charge in [-0.05, 0) is 57.3 Å². The predicted octanol–water partition coefficient (Wildman–Crippen LogP) is 1.96. The summed E-state index contributed by atoms with van der Waals surface area (Å²) >= 11 is 3.27. The Labute approximate surface area is 157 Å². The molecule has 0 unspecified atom stereocenters. The van der Waals surface area contributed by atoms with Crippen molar-refractivity contribution in [2.24, 2.45) is 0 Å². The summed E-state index contributed by atoms with van der Waals surface area (Å²) in [5, 5.41) is 0. The fourth-order valence-corrected chi connectivity index (χ4v) is 5.80. The van der Waals surface area contributed by atoms with Crippen LogP contribution < -0.4 is 9.46 Å². The van der Waals surface area contributed by atoms with Crippen LogP contribution in [-0.2, 0) is 20.1 Å². The van der Waals surface area contributed by atoms with Gasteiger partial charge in [-0.3, -0.25) is 4.55 Å². The number of hydrogen-bond acceptors (Lipinski definition) is 5. The number of nitrogens with one attached hydrogen (secondary N) is 1. The summed E-state index contributed by atoms with van der Waals surface area (Å²) in [5.41, 5.74) is -5.41. The molecule has 0 saturated heterocycles. The summed E-state index contributed by atoms with van der Waals surface area (Å²) in [5.74, 6) is 0.109. The number of halogens is 5. The topological polar surface area (TPSA) is 110 Å². The van der Waals surface area contributed by atoms with Crippen molar-refractivity contribution in [2.45, 2.75) is 10.4 Å². The van der Waals surface area contributed by atoms with Gasteiger partial charge in [-0.25, -0.2) is 13.1 Å². The standard InChI is InChI=1S/C9H8F3I2NO6S2/c10-9(11,12)23(19,20)15-1-2-21-5-3-6(13)8(7(14)4-5)22(16,17)18/h3-4,15H,1-2H2,(H,16,17,18). The van der Waals surface area contributed by atoms with Gasteiger partial charge in [-0.1, -0.05) is 0 Å². The average molecular weight is 601 g/mol. The van der Waals surface area contributed by atoms with E-state index in [1.54, 1.807) is 45.2 Å². The molecular weight excluding hydrogens is 593 g/mol. The lowest BCUT2D eigenvalue weighted by molar-refractivity contribution is -0.0448. The monoisotopic (exact) mass is 601 g/mol. The quantitative estimate of drug-likeness (QED) is 0.294. The maximum absolute atomic E-state index is 12.1. The molecule has 0 spiro atoms. The summed E-state index contributed by atoms with van der Waals surface area (Å²) in [7, 11) is -9.87. The van der Waals surface area contributed by atoms with Gasteiger partial charge in [0, 0.05) is 13.7 Å². The Kier molecular flexibility index (Phi) is 6.93. The first-order chi connectivity index (χ1) is 10.3. The Hall–Kier alpha value is 0.0900. The number of sulfonamides is 1. The smallest absolute Gasteiger partial charge is 0.492 e. The lowest BCUT2D eigenvalue weighted by Gasteiger charge is -2.12. The highest BCUT2D eigenvalue weighted by Crippen LogP contribution is 2.29. The van der Waals surface area contributed by atoms with Crippen molar-refractivity contribution in [1.82, 2.24) is 4.72 Å². The van der Waals surface area contributed by atoms with Crippen LogP contribution in [-0.4, -0.2) is 40.0 Å². The van der Waals surface area contributed by atoms with E-state index in [-0.39, 0.29) is 17.8 Å². The fourth-order valence-electron chi connectivity index (χ4n) is 1.29. The number of hydrogen-bond donors (Lipinski definition) is 2. The molecule has 1 rings (SSSR count). The highest BCUT2D eigenvalue weighted by molar-refractivity contribution is 14.1. The highest BCUT2D eigenvalue weighted by atomic mass is 127. The summed E-state index contributed by atoms with van der Waals surface area (Å²) in [6, 6.07) is 2.48. The predicted molar refractivity (Wildman–Crippen MR) is 90.2 cm³/mol. The minimum Gasteiger partial charge on any atom is -0.492 e. The van der Waals surface area contributed by atoms with E-state index in [2.05, 4.69) is 0 Å². The van der Waals surface area contributed by atoms with Gasteiger partial charge in [0.15, 0.2) is 0 Å². The van der Waals surface area contributed by atoms with E-state index < -0.39 is 38.8 Å². The Morgan fingerprint density at radius 1 is 1.13 bits per heavy atom. The van der Waals surface area contributed by atoms with Gasteiger partial charge in [0.05, 0.1) is 0 Å². The lowest BCUT2D eigenvalue weighted by atomic mass is 10.3. The zero-order valence-corrected chi connectivity index (χ0v) is 16.7. The molecule has 0 amide bonds. The average Bonchev–Trinajstić information content (AvgIpc) is 2.30. The third-order valence-electron chi connectivity index (χ3n) is 2.20. The second-order valence-corrected chi connectivity index (χ2v) is 9.32. The Morgan fingerprint density at radius 3 is 2.00 bits per heavy atom. The molecule has 2 N–H and O–H groups in total. The maximum Gasteiger partial charge on any atom is 0.511 e. The molecule has 0 heterocycles. The van der Waals surface area contributed by atoms with Crippen LogP contribution in [0.2, 0.25) is 0 Å². The van der Waals surface area contributed by atoms with Gasteiger partial charge in [0.1, 0.15) is 17.3 Å². The molecule has 0 aliphatic carbocycles. The van der Waals surface area contributed by atoms with Crippen molar-refractivity contribution in [3.05, 3.63) is 19.3 Å². The Morgan fingerprint density at radius 2 is 1.61 bits per heavy atom. The molecule has 0 saturated carbocycles. The first kappa shape index (κ1) is 21.1. The van der Waals surface area contributed by atoms with Crippen LogP contribution in [0.5, 0.6) is 5.75 Å². The van der Waals surface area contributed by atoms with Crippen LogP contribution in [0.15, 0.2) is 17.0 Å². The van der Waals surface area contributed by atoms with Gasteiger partial charge in [-0.2, -0.15) is 21.6 Å². The van der Waals surface area contributed by atoms with Crippen molar-refractivity contribution < 1.29 is 39.3 Å². The van der Waals surface area contributed by atoms with Crippen LogP contribution in [0.3, 0.4) is 0 Å². The normalized spacial score (nSPS) is 13.1. The maximum atomic E-state index is 12.1. The van der Waals surface area contributed by atoms with Gasteiger partial charge in [0.25, 0.3) is 10.1 Å². The number of rotatable bonds is 6.